The molecule has 0 amide bonds. The van der Waals surface area contributed by atoms with Gasteiger partial charge in [0.15, 0.2) is 0 Å². The fraction of sp³-hybridized carbons (Fsp3) is 0.750. The second-order valence-electron chi connectivity index (χ2n) is 5.13. The summed E-state index contributed by atoms with van der Waals surface area (Å²) in [5, 5.41) is 9.27. The highest BCUT2D eigenvalue weighted by Gasteiger charge is 2.22. The average molecular weight is 286 g/mol. The number of nitrogens with two attached hydrogens (primary N) is 1. The number of sulfonamides is 1. The van der Waals surface area contributed by atoms with E-state index < -0.39 is 10.0 Å². The van der Waals surface area contributed by atoms with Gasteiger partial charge in [-0.3, -0.25) is 9.58 Å². The molecule has 1 aliphatic rings. The number of primary sulfonamides is 1. The van der Waals surface area contributed by atoms with Crippen molar-refractivity contribution in [2.45, 2.75) is 38.3 Å². The Morgan fingerprint density at radius 2 is 2.21 bits per heavy atom. The Bertz CT molecular complexity index is 472. The van der Waals surface area contributed by atoms with Gasteiger partial charge in [0.2, 0.25) is 10.0 Å². The minimum Gasteiger partial charge on any atom is -0.299 e. The highest BCUT2D eigenvalue weighted by atomic mass is 32.2. The third kappa shape index (κ3) is 4.93. The zero-order chi connectivity index (χ0) is 13.7. The van der Waals surface area contributed by atoms with Crippen LogP contribution in [-0.4, -0.2) is 48.0 Å². The lowest BCUT2D eigenvalue weighted by molar-refractivity contribution is 0.130. The van der Waals surface area contributed by atoms with Crippen LogP contribution >= 0.6 is 0 Å². The van der Waals surface area contributed by atoms with Crippen molar-refractivity contribution in [2.24, 2.45) is 5.14 Å². The van der Waals surface area contributed by atoms with Gasteiger partial charge in [0.1, 0.15) is 0 Å². The molecule has 0 unspecified atom stereocenters. The van der Waals surface area contributed by atoms with Crippen LogP contribution in [0.15, 0.2) is 18.5 Å². The van der Waals surface area contributed by atoms with Gasteiger partial charge in [-0.2, -0.15) is 5.10 Å². The molecule has 1 atom stereocenters. The standard InChI is InChI=1S/C12H22N4O2S/c13-19(17,18)10-4-8-15-7-2-1-5-12(15)11-16-9-3-6-14-16/h3,6,9,12H,1-2,4-5,7-8,10-11H2,(H2,13,17,18)/t12-/m1/s1. The van der Waals surface area contributed by atoms with Gasteiger partial charge < -0.3 is 0 Å². The average Bonchev–Trinajstić information content (AvgIpc) is 2.82. The van der Waals surface area contributed by atoms with Crippen LogP contribution in [0.3, 0.4) is 0 Å². The van der Waals surface area contributed by atoms with E-state index in [4.69, 9.17) is 5.14 Å². The van der Waals surface area contributed by atoms with Gasteiger partial charge >= 0.3 is 0 Å². The Labute approximate surface area is 114 Å². The number of piperidine rings is 1. The SMILES string of the molecule is NS(=O)(=O)CCCN1CCCC[C@@H]1Cn1cccn1. The lowest BCUT2D eigenvalue weighted by Crippen LogP contribution is -2.43. The predicted molar refractivity (Wildman–Crippen MR) is 74.0 cm³/mol. The summed E-state index contributed by atoms with van der Waals surface area (Å²) in [6.45, 7) is 2.71. The number of aromatic nitrogens is 2. The highest BCUT2D eigenvalue weighted by Crippen LogP contribution is 2.18. The molecule has 0 aromatic carbocycles. The van der Waals surface area contributed by atoms with Crippen LogP contribution in [0, 0.1) is 0 Å². The molecule has 0 spiro atoms. The van der Waals surface area contributed by atoms with Gasteiger partial charge in [-0.15, -0.1) is 0 Å². The summed E-state index contributed by atoms with van der Waals surface area (Å²) in [7, 11) is -3.34. The molecule has 1 aliphatic heterocycles. The van der Waals surface area contributed by atoms with E-state index in [1.165, 1.54) is 12.8 Å². The second kappa shape index (κ2) is 6.49. The van der Waals surface area contributed by atoms with E-state index >= 15 is 0 Å². The first kappa shape index (κ1) is 14.5. The number of likely N-dealkylation sites (tertiary alicyclic amines) is 1. The van der Waals surface area contributed by atoms with Crippen LogP contribution < -0.4 is 5.14 Å². The van der Waals surface area contributed by atoms with Crippen molar-refractivity contribution in [1.82, 2.24) is 14.7 Å². The summed E-state index contributed by atoms with van der Waals surface area (Å²) in [6, 6.07) is 2.38. The molecule has 1 aromatic rings. The molecule has 108 valence electrons. The van der Waals surface area contributed by atoms with E-state index in [0.29, 0.717) is 12.5 Å². The lowest BCUT2D eigenvalue weighted by Gasteiger charge is -2.35. The summed E-state index contributed by atoms with van der Waals surface area (Å²) in [6.07, 6.45) is 7.93. The Morgan fingerprint density at radius 3 is 2.89 bits per heavy atom. The Hall–Kier alpha value is -0.920. The van der Waals surface area contributed by atoms with Gasteiger partial charge in [-0.1, -0.05) is 6.42 Å². The molecule has 19 heavy (non-hydrogen) atoms. The Morgan fingerprint density at radius 1 is 1.37 bits per heavy atom. The second-order valence-corrected chi connectivity index (χ2v) is 6.87. The van der Waals surface area contributed by atoms with E-state index in [2.05, 4.69) is 10.00 Å². The normalized spacial score (nSPS) is 21.6. The third-order valence-corrected chi connectivity index (χ3v) is 4.44. The van der Waals surface area contributed by atoms with Crippen LogP contribution in [0.2, 0.25) is 0 Å². The zero-order valence-corrected chi connectivity index (χ0v) is 11.9. The maximum Gasteiger partial charge on any atom is 0.209 e. The molecule has 2 rings (SSSR count). The topological polar surface area (TPSA) is 81.2 Å². The predicted octanol–water partition coefficient (Wildman–Crippen LogP) is 0.416. The minimum atomic E-state index is -3.34. The Kier molecular flexibility index (Phi) is 4.95. The van der Waals surface area contributed by atoms with Crippen LogP contribution in [0.5, 0.6) is 0 Å². The molecule has 0 aliphatic carbocycles. The lowest BCUT2D eigenvalue weighted by atomic mass is 10.0. The van der Waals surface area contributed by atoms with Crippen molar-refractivity contribution < 1.29 is 8.42 Å². The summed E-state index contributed by atoms with van der Waals surface area (Å²) >= 11 is 0. The molecule has 2 N–H and O–H groups in total. The summed E-state index contributed by atoms with van der Waals surface area (Å²) in [5.74, 6) is 0.0675. The largest absolute Gasteiger partial charge is 0.299 e. The van der Waals surface area contributed by atoms with E-state index in [9.17, 15) is 8.42 Å². The quantitative estimate of drug-likeness (QED) is 0.821. The fourth-order valence-corrected chi connectivity index (χ4v) is 3.19. The summed E-state index contributed by atoms with van der Waals surface area (Å²) in [4.78, 5) is 2.37. The molecule has 2 heterocycles. The number of nitrogens with zero attached hydrogens (tertiary/aromatic N) is 3. The van der Waals surface area contributed by atoms with Gasteiger partial charge in [0.25, 0.3) is 0 Å². The number of hydrogen-bond donors (Lipinski definition) is 1. The maximum atomic E-state index is 11.0. The van der Waals surface area contributed by atoms with Crippen molar-refractivity contribution in [3.63, 3.8) is 0 Å². The fourth-order valence-electron chi connectivity index (χ4n) is 2.65. The van der Waals surface area contributed by atoms with Gasteiger partial charge in [-0.05, 0) is 38.4 Å². The molecule has 0 radical (unpaired) electrons. The van der Waals surface area contributed by atoms with Crippen molar-refractivity contribution in [2.75, 3.05) is 18.8 Å². The Balaban J connectivity index is 1.85. The summed E-state index contributed by atoms with van der Waals surface area (Å²) < 4.78 is 23.9. The minimum absolute atomic E-state index is 0.0675. The molecular weight excluding hydrogens is 264 g/mol. The van der Waals surface area contributed by atoms with Crippen LogP contribution in [0.4, 0.5) is 0 Å². The third-order valence-electron chi connectivity index (χ3n) is 3.58. The first-order valence-corrected chi connectivity index (χ1v) is 8.48. The highest BCUT2D eigenvalue weighted by molar-refractivity contribution is 7.89. The molecule has 0 bridgehead atoms. The molecule has 1 saturated heterocycles. The van der Waals surface area contributed by atoms with Gasteiger partial charge in [0.05, 0.1) is 12.3 Å². The van der Waals surface area contributed by atoms with Gasteiger partial charge in [-0.25, -0.2) is 13.6 Å². The zero-order valence-electron chi connectivity index (χ0n) is 11.1. The smallest absolute Gasteiger partial charge is 0.209 e. The number of hydrogen-bond acceptors (Lipinski definition) is 4. The van der Waals surface area contributed by atoms with E-state index in [1.54, 1.807) is 6.20 Å². The van der Waals surface area contributed by atoms with Crippen molar-refractivity contribution in [3.05, 3.63) is 18.5 Å². The molecule has 6 nitrogen and oxygen atoms in total. The van der Waals surface area contributed by atoms with Crippen LogP contribution in [0.25, 0.3) is 0 Å². The van der Waals surface area contributed by atoms with E-state index in [1.807, 2.05) is 16.9 Å². The van der Waals surface area contributed by atoms with Crippen molar-refractivity contribution >= 4 is 10.0 Å². The van der Waals surface area contributed by atoms with E-state index in [-0.39, 0.29) is 5.75 Å². The first-order valence-electron chi connectivity index (χ1n) is 6.76. The number of rotatable bonds is 6. The van der Waals surface area contributed by atoms with Gasteiger partial charge in [0, 0.05) is 18.4 Å². The molecule has 0 saturated carbocycles. The molecule has 1 aromatic heterocycles. The van der Waals surface area contributed by atoms with Crippen molar-refractivity contribution in [1.29, 1.82) is 0 Å². The van der Waals surface area contributed by atoms with Crippen molar-refractivity contribution in [3.8, 4) is 0 Å². The maximum absolute atomic E-state index is 11.0. The summed E-state index contributed by atoms with van der Waals surface area (Å²) in [5.41, 5.74) is 0. The monoisotopic (exact) mass is 286 g/mol. The van der Waals surface area contributed by atoms with Crippen LogP contribution in [-0.2, 0) is 16.6 Å². The molecular formula is C12H22N4O2S. The molecule has 1 fully saturated rings. The molecule has 7 heteroatoms. The van der Waals surface area contributed by atoms with E-state index in [0.717, 1.165) is 26.1 Å². The first-order chi connectivity index (χ1) is 9.04. The van der Waals surface area contributed by atoms with Crippen LogP contribution in [0.1, 0.15) is 25.7 Å².